The smallest absolute Gasteiger partial charge is 0.870 e. The second-order valence-corrected chi connectivity index (χ2v) is 0. The summed E-state index contributed by atoms with van der Waals surface area (Å²) in [6.45, 7) is 10.0. The van der Waals surface area contributed by atoms with Gasteiger partial charge in [-0.05, 0) is 0 Å². The molecular weight excluding hydrogens is 238 g/mol. The zero-order chi connectivity index (χ0) is 4.00. The van der Waals surface area contributed by atoms with E-state index in [0.717, 1.165) is 0 Å². The monoisotopic (exact) mass is 252 g/mol. The van der Waals surface area contributed by atoms with Gasteiger partial charge in [-0.3, -0.25) is 0 Å². The van der Waals surface area contributed by atoms with E-state index in [9.17, 15) is 0 Å². The molecule has 0 bridgehead atoms. The van der Waals surface area contributed by atoms with Gasteiger partial charge < -0.3 is 25.5 Å². The van der Waals surface area contributed by atoms with Crippen molar-refractivity contribution >= 4 is 9.90 Å². The van der Waals surface area contributed by atoms with Crippen molar-refractivity contribution in [3.05, 3.63) is 20.0 Å². The van der Waals surface area contributed by atoms with Crippen molar-refractivity contribution in [2.75, 3.05) is 0 Å². The van der Waals surface area contributed by atoms with Crippen molar-refractivity contribution in [2.45, 2.75) is 13.8 Å². The second-order valence-electron chi connectivity index (χ2n) is 0. The third kappa shape index (κ3) is 239. The van der Waals surface area contributed by atoms with Gasteiger partial charge >= 0.3 is 17.1 Å². The first-order valence-corrected chi connectivity index (χ1v) is 1.41. The second kappa shape index (κ2) is 307. The van der Waals surface area contributed by atoms with Gasteiger partial charge in [-0.25, -0.2) is 0 Å². The van der Waals surface area contributed by atoms with Crippen LogP contribution in [0.5, 0.6) is 0 Å². The number of nitrogens with two attached hydrogens (primary N) is 1. The Bertz CT molecular complexity index is 20.5. The van der Waals surface area contributed by atoms with E-state index in [1.54, 1.807) is 13.8 Å². The minimum atomic E-state index is 0. The summed E-state index contributed by atoms with van der Waals surface area (Å²) in [6, 6.07) is 0. The summed E-state index contributed by atoms with van der Waals surface area (Å²) in [7, 11) is 0. The maximum absolute atomic E-state index is 3.25. The van der Waals surface area contributed by atoms with Crippen LogP contribution in [-0.4, -0.2) is 5.48 Å². The van der Waals surface area contributed by atoms with Gasteiger partial charge in [0.15, 0.2) is 0 Å². The predicted octanol–water partition coefficient (Wildman–Crippen LogP) is 2.27. The third-order valence-corrected chi connectivity index (χ3v) is 0. The van der Waals surface area contributed by atoms with E-state index in [2.05, 4.69) is 13.8 Å². The van der Waals surface area contributed by atoms with Gasteiger partial charge in [0.25, 0.3) is 0 Å². The average Bonchev–Trinajstić information content (AvgIpc) is 1.50. The van der Waals surface area contributed by atoms with Crippen molar-refractivity contribution in [3.8, 4) is 0 Å². The Morgan fingerprint density at radius 3 is 0.889 bits per heavy atom. The molecule has 5 heteroatoms. The fourth-order valence-electron chi connectivity index (χ4n) is 0. The van der Waals surface area contributed by atoms with Crippen molar-refractivity contribution in [1.29, 1.82) is 0 Å². The van der Waals surface area contributed by atoms with E-state index in [1.165, 1.54) is 0 Å². The van der Waals surface area contributed by atoms with Crippen LogP contribution in [0.1, 0.15) is 13.8 Å². The summed E-state index contributed by atoms with van der Waals surface area (Å²) in [6.07, 6.45) is 0. The fraction of sp³-hybridized carbons (Fsp3) is 0.500. The van der Waals surface area contributed by atoms with Gasteiger partial charge in [-0.2, -0.15) is 23.7 Å². The van der Waals surface area contributed by atoms with E-state index in [1.807, 2.05) is 0 Å². The molecule has 0 aromatic heterocycles. The van der Waals surface area contributed by atoms with Crippen LogP contribution in [0.25, 0.3) is 6.15 Å². The molecule has 3 N–H and O–H groups in total. The van der Waals surface area contributed by atoms with Crippen LogP contribution in [0.3, 0.4) is 0 Å². The summed E-state index contributed by atoms with van der Waals surface area (Å²) < 4.78 is 0. The molecule has 0 amide bonds. The Balaban J connectivity index is -0.00000000114. The van der Waals surface area contributed by atoms with Crippen LogP contribution < -0.4 is 0 Å². The maximum Gasteiger partial charge on any atom is 1.00 e. The molecule has 0 fully saturated rings. The van der Waals surface area contributed by atoms with Crippen LogP contribution >= 0.6 is 9.90 Å². The summed E-state index contributed by atoms with van der Waals surface area (Å²) in [5.74, 6) is 0. The van der Waals surface area contributed by atoms with Crippen LogP contribution in [0.2, 0.25) is 0 Å². The average molecular weight is 254 g/mol. The largest absolute Gasteiger partial charge is 1.00 e. The standard InChI is InChI=1S/2C2H5.Cu.H2N.H2O.H3P.Zn/c2*1-2;;;;;/h2*1H2,2H3;;2*1H2;1H3;/q2*-1;+1;-1;;;/p-1. The van der Waals surface area contributed by atoms with Crippen molar-refractivity contribution in [3.63, 3.8) is 0 Å². The molecule has 0 spiro atoms. The van der Waals surface area contributed by atoms with Gasteiger partial charge in [0.1, 0.15) is 0 Å². The van der Waals surface area contributed by atoms with Gasteiger partial charge in [-0.1, -0.05) is 0 Å². The van der Waals surface area contributed by atoms with Crippen LogP contribution in [0.15, 0.2) is 0 Å². The van der Waals surface area contributed by atoms with Gasteiger partial charge in [0.2, 0.25) is 0 Å². The molecule has 9 heavy (non-hydrogen) atoms. The van der Waals surface area contributed by atoms with Crippen molar-refractivity contribution in [1.82, 2.24) is 0 Å². The molecule has 0 aliphatic heterocycles. The third-order valence-electron chi connectivity index (χ3n) is 0. The Labute approximate surface area is 85.7 Å². The first-order chi connectivity index (χ1) is 2.00. The number of rotatable bonds is 0. The molecule has 64 valence electrons. The quantitative estimate of drug-likeness (QED) is 0.371. The van der Waals surface area contributed by atoms with E-state index >= 15 is 0 Å². The Hall–Kier alpha value is 1.49. The number of hydrogen-bond donors (Lipinski definition) is 0. The van der Waals surface area contributed by atoms with E-state index < -0.39 is 0 Å². The summed E-state index contributed by atoms with van der Waals surface area (Å²) in [5, 5.41) is 0. The molecule has 0 aromatic rings. The summed E-state index contributed by atoms with van der Waals surface area (Å²) in [4.78, 5) is 0. The van der Waals surface area contributed by atoms with Crippen LogP contribution in [0, 0.1) is 13.8 Å². The van der Waals surface area contributed by atoms with E-state index in [-0.39, 0.29) is 58.1 Å². The molecule has 1 atom stereocenters. The first-order valence-electron chi connectivity index (χ1n) is 1.41. The van der Waals surface area contributed by atoms with E-state index in [0.29, 0.717) is 0 Å². The minimum absolute atomic E-state index is 0. The van der Waals surface area contributed by atoms with Gasteiger partial charge in [-0.15, -0.1) is 0 Å². The molecule has 0 radical (unpaired) electrons. The normalized spacial score (nSPS) is 1.33. The summed E-state index contributed by atoms with van der Waals surface area (Å²) in [5.41, 5.74) is 0. The Morgan fingerprint density at radius 1 is 0.889 bits per heavy atom. The minimum Gasteiger partial charge on any atom is -0.870 e. The molecule has 2 nitrogen and oxygen atoms in total. The first kappa shape index (κ1) is 77.5. The SMILES string of the molecule is P.[CH2-]C.[CH2-]C.[Cu+].[NH2-].[OH-].[Zn]. The van der Waals surface area contributed by atoms with Crippen molar-refractivity contribution < 1.29 is 42.0 Å². The van der Waals surface area contributed by atoms with Gasteiger partial charge in [0, 0.05) is 19.5 Å². The molecule has 0 heterocycles. The van der Waals surface area contributed by atoms with Crippen molar-refractivity contribution in [2.24, 2.45) is 0 Å². The molecule has 0 aromatic carbocycles. The van der Waals surface area contributed by atoms with Gasteiger partial charge in [0.05, 0.1) is 0 Å². The molecule has 0 aliphatic rings. The molecule has 0 saturated heterocycles. The molecule has 0 aliphatic carbocycles. The Morgan fingerprint density at radius 2 is 0.889 bits per heavy atom. The molecule has 0 rings (SSSR count). The maximum atomic E-state index is 3.25. The fourth-order valence-corrected chi connectivity index (χ4v) is 0. The zero-order valence-corrected chi connectivity index (χ0v) is 11.5. The van der Waals surface area contributed by atoms with E-state index in [4.69, 9.17) is 0 Å². The topological polar surface area (TPSA) is 63.5 Å². The van der Waals surface area contributed by atoms with Crippen LogP contribution in [0.4, 0.5) is 0 Å². The molecule has 0 saturated carbocycles. The zero-order valence-electron chi connectivity index (χ0n) is 6.15. The molecule has 1 unspecified atom stereocenters. The number of hydrogen-bond acceptors (Lipinski definition) is 1. The predicted molar refractivity (Wildman–Crippen MR) is 40.4 cm³/mol. The Kier molecular flexibility index (Phi) is 2650. The van der Waals surface area contributed by atoms with Crippen LogP contribution in [-0.2, 0) is 36.5 Å². The summed E-state index contributed by atoms with van der Waals surface area (Å²) >= 11 is 0. The molecular formula is C4H16CuNOPZn-3.